The highest BCUT2D eigenvalue weighted by molar-refractivity contribution is 6.32. The molecule has 0 spiro atoms. The summed E-state index contributed by atoms with van der Waals surface area (Å²) in [5.41, 5.74) is 21.6. The minimum Gasteiger partial charge on any atom is -0.309 e. The van der Waals surface area contributed by atoms with E-state index in [2.05, 4.69) is 289 Å². The first-order valence-electron chi connectivity index (χ1n) is 26.8. The molecule has 4 heterocycles. The Hall–Kier alpha value is -9.38. The third-order valence-electron chi connectivity index (χ3n) is 16.3. The SMILES string of the molecule is CC(C)c1cccc(N(c2ccccc2-c2ccccc2)c2ccc3c4cc5c(cc4n4c6ccccc6c2c34)c2ccc(N(c3cccc(C(C)C)c3)c3ccccc3-c3ccccc3)c3c4ccccc4n5c23)c1. The van der Waals surface area contributed by atoms with E-state index in [-0.39, 0.29) is 0 Å². The lowest BCUT2D eigenvalue weighted by molar-refractivity contribution is 0.866. The van der Waals surface area contributed by atoms with Crippen LogP contribution < -0.4 is 9.80 Å². The molecule has 0 aliphatic heterocycles. The van der Waals surface area contributed by atoms with Gasteiger partial charge in [-0.05, 0) is 107 Å². The molecular weight excluding hydrogens is 921 g/mol. The van der Waals surface area contributed by atoms with Crippen molar-refractivity contribution in [2.45, 2.75) is 39.5 Å². The summed E-state index contributed by atoms with van der Waals surface area (Å²) in [6.45, 7) is 9.13. The van der Waals surface area contributed by atoms with Gasteiger partial charge < -0.3 is 18.6 Å². The molecule has 0 bridgehead atoms. The van der Waals surface area contributed by atoms with Crippen LogP contribution in [0.25, 0.3) is 98.4 Å². The molecule has 0 atom stereocenters. The van der Waals surface area contributed by atoms with E-state index < -0.39 is 0 Å². The normalized spacial score (nSPS) is 12.2. The third kappa shape index (κ3) is 6.50. The molecule has 0 saturated heterocycles. The maximum atomic E-state index is 2.56. The van der Waals surface area contributed by atoms with Crippen molar-refractivity contribution >= 4 is 110 Å². The van der Waals surface area contributed by atoms with Gasteiger partial charge in [-0.1, -0.05) is 198 Å². The molecule has 4 nitrogen and oxygen atoms in total. The summed E-state index contributed by atoms with van der Waals surface area (Å²) in [7, 11) is 0. The molecule has 15 rings (SSSR count). The lowest BCUT2D eigenvalue weighted by Gasteiger charge is -2.29. The molecule has 0 fully saturated rings. The molecule has 4 heteroatoms. The van der Waals surface area contributed by atoms with Gasteiger partial charge >= 0.3 is 0 Å². The average molecular weight is 975 g/mol. The molecule has 0 unspecified atom stereocenters. The van der Waals surface area contributed by atoms with Crippen LogP contribution in [-0.4, -0.2) is 8.80 Å². The molecule has 4 aromatic heterocycles. The summed E-state index contributed by atoms with van der Waals surface area (Å²) in [5.74, 6) is 0.753. The minimum atomic E-state index is 0.376. The second-order valence-corrected chi connectivity index (χ2v) is 21.2. The van der Waals surface area contributed by atoms with Crippen LogP contribution in [0.1, 0.15) is 50.7 Å². The molecule has 0 aliphatic carbocycles. The van der Waals surface area contributed by atoms with Crippen LogP contribution in [0, 0.1) is 0 Å². The quantitative estimate of drug-likeness (QED) is 0.136. The van der Waals surface area contributed by atoms with Crippen LogP contribution in [0.15, 0.2) is 243 Å². The molecule has 0 N–H and O–H groups in total. The number of para-hydroxylation sites is 4. The number of rotatable bonds is 10. The number of anilines is 6. The van der Waals surface area contributed by atoms with Crippen molar-refractivity contribution in [3.63, 3.8) is 0 Å². The van der Waals surface area contributed by atoms with E-state index in [1.54, 1.807) is 0 Å². The summed E-state index contributed by atoms with van der Waals surface area (Å²) >= 11 is 0. The second-order valence-electron chi connectivity index (χ2n) is 21.2. The summed E-state index contributed by atoms with van der Waals surface area (Å²) < 4.78 is 5.12. The van der Waals surface area contributed by atoms with Crippen LogP contribution in [-0.2, 0) is 0 Å². The van der Waals surface area contributed by atoms with Gasteiger partial charge in [0, 0.05) is 65.6 Å². The molecule has 11 aromatic carbocycles. The van der Waals surface area contributed by atoms with Crippen LogP contribution >= 0.6 is 0 Å². The topological polar surface area (TPSA) is 15.3 Å². The van der Waals surface area contributed by atoms with Gasteiger partial charge in [-0.15, -0.1) is 0 Å². The Morgan fingerprint density at radius 2 is 0.684 bits per heavy atom. The fraction of sp³-hybridized carbons (Fsp3) is 0.0833. The van der Waals surface area contributed by atoms with Crippen molar-refractivity contribution in [1.29, 1.82) is 0 Å². The van der Waals surface area contributed by atoms with Crippen LogP contribution in [0.4, 0.5) is 34.1 Å². The molecule has 0 aliphatic rings. The summed E-state index contributed by atoms with van der Waals surface area (Å²) in [4.78, 5) is 5.04. The van der Waals surface area contributed by atoms with Crippen LogP contribution in [0.5, 0.6) is 0 Å². The fourth-order valence-electron chi connectivity index (χ4n) is 12.8. The van der Waals surface area contributed by atoms with Gasteiger partial charge in [0.15, 0.2) is 0 Å². The van der Waals surface area contributed by atoms with E-state index >= 15 is 0 Å². The van der Waals surface area contributed by atoms with Gasteiger partial charge in [0.05, 0.1) is 55.8 Å². The minimum absolute atomic E-state index is 0.376. The summed E-state index contributed by atoms with van der Waals surface area (Å²) in [6.07, 6.45) is 0. The highest BCUT2D eigenvalue weighted by Gasteiger charge is 2.29. The molecule has 0 amide bonds. The predicted octanol–water partition coefficient (Wildman–Crippen LogP) is 20.5. The fourth-order valence-corrected chi connectivity index (χ4v) is 12.8. The van der Waals surface area contributed by atoms with Crippen molar-refractivity contribution in [2.24, 2.45) is 0 Å². The van der Waals surface area contributed by atoms with Crippen LogP contribution in [0.3, 0.4) is 0 Å². The Morgan fingerprint density at radius 1 is 0.289 bits per heavy atom. The Balaban J connectivity index is 1.01. The Morgan fingerprint density at radius 3 is 1.12 bits per heavy atom. The molecule has 0 radical (unpaired) electrons. The zero-order valence-electron chi connectivity index (χ0n) is 43.0. The third-order valence-corrected chi connectivity index (χ3v) is 16.3. The van der Waals surface area contributed by atoms with Gasteiger partial charge in [0.2, 0.25) is 0 Å². The van der Waals surface area contributed by atoms with Gasteiger partial charge in [-0.2, -0.15) is 0 Å². The van der Waals surface area contributed by atoms with E-state index in [1.807, 2.05) is 0 Å². The first kappa shape index (κ1) is 44.1. The monoisotopic (exact) mass is 974 g/mol. The maximum absolute atomic E-state index is 2.56. The second kappa shape index (κ2) is 17.1. The summed E-state index contributed by atoms with van der Waals surface area (Å²) in [5, 5.41) is 9.97. The smallest absolute Gasteiger partial charge is 0.0641 e. The molecule has 0 saturated carbocycles. The van der Waals surface area contributed by atoms with E-state index in [4.69, 9.17) is 0 Å². The lowest BCUT2D eigenvalue weighted by atomic mass is 9.98. The highest BCUT2D eigenvalue weighted by atomic mass is 15.2. The molecule has 15 aromatic rings. The first-order valence-corrected chi connectivity index (χ1v) is 26.8. The molecule has 362 valence electrons. The van der Waals surface area contributed by atoms with Crippen molar-refractivity contribution < 1.29 is 0 Å². The molecular formula is C72H54N4. The maximum Gasteiger partial charge on any atom is 0.0641 e. The van der Waals surface area contributed by atoms with E-state index in [0.29, 0.717) is 11.8 Å². The Labute approximate surface area is 442 Å². The number of benzene rings is 11. The zero-order chi connectivity index (χ0) is 50.8. The van der Waals surface area contributed by atoms with Gasteiger partial charge in [0.25, 0.3) is 0 Å². The first-order chi connectivity index (χ1) is 37.4. The van der Waals surface area contributed by atoms with E-state index in [1.165, 1.54) is 110 Å². The zero-order valence-corrected chi connectivity index (χ0v) is 43.0. The Bertz CT molecular complexity index is 4410. The highest BCUT2D eigenvalue weighted by Crippen LogP contribution is 2.53. The number of hydrogen-bond acceptors (Lipinski definition) is 2. The van der Waals surface area contributed by atoms with Crippen molar-refractivity contribution in [3.05, 3.63) is 254 Å². The number of aromatic nitrogens is 2. The van der Waals surface area contributed by atoms with Crippen molar-refractivity contribution in [3.8, 4) is 22.3 Å². The van der Waals surface area contributed by atoms with Gasteiger partial charge in [-0.3, -0.25) is 0 Å². The van der Waals surface area contributed by atoms with Crippen molar-refractivity contribution in [2.75, 3.05) is 9.80 Å². The largest absolute Gasteiger partial charge is 0.309 e. The standard InChI is InChI=1S/C72H54N4/c1-45(2)49-25-19-27-51(41-49)73(61-33-15-11-29-53(61)47-21-7-5-8-22-47)65-39-37-55-59-43-68-60(44-67(59)75-63-35-17-13-31-57(63)69(65)71(55)75)56-38-40-66(70-58-32-14-18-36-64(58)76(68)72(56)70)74(52-28-20-26-50(42-52)46(3)4)62-34-16-12-30-54(62)48-23-9-6-10-24-48/h5-46H,1-4H3. The van der Waals surface area contributed by atoms with Crippen molar-refractivity contribution in [1.82, 2.24) is 8.80 Å². The van der Waals surface area contributed by atoms with Crippen LogP contribution in [0.2, 0.25) is 0 Å². The number of fused-ring (bicyclic) bond motifs is 12. The van der Waals surface area contributed by atoms with Gasteiger partial charge in [0.1, 0.15) is 0 Å². The number of nitrogens with zero attached hydrogens (tertiary/aromatic N) is 4. The predicted molar refractivity (Wildman–Crippen MR) is 324 cm³/mol. The molecule has 76 heavy (non-hydrogen) atoms. The average Bonchev–Trinajstić information content (AvgIpc) is 4.33. The lowest BCUT2D eigenvalue weighted by Crippen LogP contribution is -2.12. The van der Waals surface area contributed by atoms with E-state index in [9.17, 15) is 0 Å². The van der Waals surface area contributed by atoms with E-state index in [0.717, 1.165) is 34.1 Å². The van der Waals surface area contributed by atoms with Gasteiger partial charge in [-0.25, -0.2) is 0 Å². The summed E-state index contributed by atoms with van der Waals surface area (Å²) in [6, 6.07) is 90.4. The number of hydrogen-bond donors (Lipinski definition) is 0. The Kier molecular flexibility index (Phi) is 9.93.